The number of pyridine rings is 1. The van der Waals surface area contributed by atoms with Crippen molar-refractivity contribution in [3.05, 3.63) is 35.4 Å². The second-order valence-corrected chi connectivity index (χ2v) is 6.10. The normalized spacial score (nSPS) is 18.8. The summed E-state index contributed by atoms with van der Waals surface area (Å²) in [7, 11) is 0. The van der Waals surface area contributed by atoms with Gasteiger partial charge in [0.25, 0.3) is 0 Å². The number of fused-ring (bicyclic) bond motifs is 1. The van der Waals surface area contributed by atoms with E-state index in [9.17, 15) is 18.3 Å². The summed E-state index contributed by atoms with van der Waals surface area (Å²) in [5, 5.41) is 10.7. The van der Waals surface area contributed by atoms with Gasteiger partial charge in [-0.1, -0.05) is 19.3 Å². The second-order valence-electron chi connectivity index (χ2n) is 6.10. The van der Waals surface area contributed by atoms with Crippen molar-refractivity contribution in [2.75, 3.05) is 0 Å². The summed E-state index contributed by atoms with van der Waals surface area (Å²) < 4.78 is 41.4. The van der Waals surface area contributed by atoms with Crippen molar-refractivity contribution in [3.63, 3.8) is 0 Å². The molecule has 6 heteroatoms. The number of halogens is 3. The standard InChI is InChI=1S/C16H19F3N2O/c1-10-13(16(17,18)19)7-12-8-20-9-21(12)14(10)15(22)11-5-3-2-4-6-11/h7-9,11,15,22H,2-6H2,1H3. The zero-order valence-electron chi connectivity index (χ0n) is 12.4. The van der Waals surface area contributed by atoms with Crippen LogP contribution in [0.15, 0.2) is 18.6 Å². The molecule has 1 aliphatic carbocycles. The van der Waals surface area contributed by atoms with Gasteiger partial charge in [0.1, 0.15) is 0 Å². The second kappa shape index (κ2) is 5.57. The van der Waals surface area contributed by atoms with Gasteiger partial charge in [-0.15, -0.1) is 0 Å². The van der Waals surface area contributed by atoms with Crippen LogP contribution in [0.2, 0.25) is 0 Å². The van der Waals surface area contributed by atoms with Crippen LogP contribution in [0.4, 0.5) is 13.2 Å². The van der Waals surface area contributed by atoms with Crippen molar-refractivity contribution in [1.29, 1.82) is 0 Å². The van der Waals surface area contributed by atoms with E-state index in [-0.39, 0.29) is 11.5 Å². The summed E-state index contributed by atoms with van der Waals surface area (Å²) in [6.07, 6.45) is 2.43. The molecule has 1 aliphatic rings. The van der Waals surface area contributed by atoms with Crippen LogP contribution < -0.4 is 0 Å². The van der Waals surface area contributed by atoms with Crippen LogP contribution in [0.5, 0.6) is 0 Å². The van der Waals surface area contributed by atoms with Crippen molar-refractivity contribution in [2.45, 2.75) is 51.3 Å². The molecular formula is C16H19F3N2O. The molecule has 2 heterocycles. The van der Waals surface area contributed by atoms with Gasteiger partial charge in [-0.25, -0.2) is 4.98 Å². The fourth-order valence-electron chi connectivity index (χ4n) is 3.52. The minimum atomic E-state index is -4.43. The molecule has 1 unspecified atom stereocenters. The summed E-state index contributed by atoms with van der Waals surface area (Å²) in [5.41, 5.74) is 0.0958. The first-order valence-corrected chi connectivity index (χ1v) is 7.60. The molecule has 3 rings (SSSR count). The third-order valence-electron chi connectivity index (χ3n) is 4.69. The lowest BCUT2D eigenvalue weighted by Crippen LogP contribution is -2.21. The van der Waals surface area contributed by atoms with Crippen LogP contribution in [-0.2, 0) is 6.18 Å². The van der Waals surface area contributed by atoms with Crippen molar-refractivity contribution in [3.8, 4) is 0 Å². The molecule has 22 heavy (non-hydrogen) atoms. The third kappa shape index (κ3) is 2.60. The Bertz CT molecular complexity index is 672. The molecule has 2 aromatic rings. The number of rotatable bonds is 2. The minimum Gasteiger partial charge on any atom is -0.387 e. The van der Waals surface area contributed by atoms with E-state index in [4.69, 9.17) is 0 Å². The Morgan fingerprint density at radius 1 is 1.27 bits per heavy atom. The van der Waals surface area contributed by atoms with E-state index in [1.165, 1.54) is 19.4 Å². The highest BCUT2D eigenvalue weighted by Gasteiger charge is 2.36. The van der Waals surface area contributed by atoms with Gasteiger partial charge >= 0.3 is 6.18 Å². The Morgan fingerprint density at radius 3 is 2.59 bits per heavy atom. The molecule has 0 aliphatic heterocycles. The first-order chi connectivity index (χ1) is 10.4. The number of aliphatic hydroxyl groups is 1. The lowest BCUT2D eigenvalue weighted by molar-refractivity contribution is -0.138. The molecule has 1 atom stereocenters. The fraction of sp³-hybridized carbons (Fsp3) is 0.562. The molecule has 0 spiro atoms. The SMILES string of the molecule is Cc1c(C(F)(F)F)cc2cncn2c1C(O)C1CCCCC1. The maximum Gasteiger partial charge on any atom is 0.416 e. The molecule has 0 aromatic carbocycles. The molecular weight excluding hydrogens is 293 g/mol. The molecule has 1 N–H and O–H groups in total. The Balaban J connectivity index is 2.14. The summed E-state index contributed by atoms with van der Waals surface area (Å²) >= 11 is 0. The van der Waals surface area contributed by atoms with Crippen LogP contribution in [-0.4, -0.2) is 14.5 Å². The Hall–Kier alpha value is -1.56. The van der Waals surface area contributed by atoms with E-state index in [0.717, 1.165) is 38.2 Å². The molecule has 3 nitrogen and oxygen atoms in total. The van der Waals surface area contributed by atoms with E-state index in [1.807, 2.05) is 0 Å². The quantitative estimate of drug-likeness (QED) is 0.899. The summed E-state index contributed by atoms with van der Waals surface area (Å²) in [4.78, 5) is 3.94. The van der Waals surface area contributed by atoms with Crippen LogP contribution >= 0.6 is 0 Å². The maximum absolute atomic E-state index is 13.3. The highest BCUT2D eigenvalue weighted by Crippen LogP contribution is 2.40. The van der Waals surface area contributed by atoms with Crippen LogP contribution in [0.25, 0.3) is 5.52 Å². The average molecular weight is 312 g/mol. The number of hydrogen-bond acceptors (Lipinski definition) is 2. The van der Waals surface area contributed by atoms with E-state index in [2.05, 4.69) is 4.98 Å². The fourth-order valence-corrected chi connectivity index (χ4v) is 3.52. The van der Waals surface area contributed by atoms with E-state index in [1.54, 1.807) is 4.40 Å². The third-order valence-corrected chi connectivity index (χ3v) is 4.69. The predicted molar refractivity (Wildman–Crippen MR) is 76.5 cm³/mol. The first kappa shape index (κ1) is 15.3. The van der Waals surface area contributed by atoms with Crippen molar-refractivity contribution >= 4 is 5.52 Å². The molecule has 0 amide bonds. The number of aromatic nitrogens is 2. The summed E-state index contributed by atoms with van der Waals surface area (Å²) in [6, 6.07) is 1.10. The predicted octanol–water partition coefficient (Wildman–Crippen LogP) is 4.28. The molecule has 0 radical (unpaired) electrons. The first-order valence-electron chi connectivity index (χ1n) is 7.60. The average Bonchev–Trinajstić information content (AvgIpc) is 2.94. The van der Waals surface area contributed by atoms with Crippen LogP contribution in [0.1, 0.15) is 55.0 Å². The smallest absolute Gasteiger partial charge is 0.387 e. The Labute approximate surface area is 126 Å². The molecule has 1 fully saturated rings. The monoisotopic (exact) mass is 312 g/mol. The number of nitrogens with zero attached hydrogens (tertiary/aromatic N) is 2. The highest BCUT2D eigenvalue weighted by atomic mass is 19.4. The van der Waals surface area contributed by atoms with E-state index < -0.39 is 17.8 Å². The topological polar surface area (TPSA) is 37.5 Å². The lowest BCUT2D eigenvalue weighted by atomic mass is 9.83. The van der Waals surface area contributed by atoms with Crippen molar-refractivity contribution in [2.24, 2.45) is 5.92 Å². The molecule has 120 valence electrons. The van der Waals surface area contributed by atoms with E-state index >= 15 is 0 Å². The van der Waals surface area contributed by atoms with Gasteiger partial charge in [0.05, 0.1) is 35.4 Å². The Morgan fingerprint density at radius 2 is 1.95 bits per heavy atom. The summed E-state index contributed by atoms with van der Waals surface area (Å²) in [5.74, 6) is 0.0153. The number of imidazole rings is 1. The van der Waals surface area contributed by atoms with E-state index in [0.29, 0.717) is 11.2 Å². The maximum atomic E-state index is 13.3. The van der Waals surface area contributed by atoms with Crippen LogP contribution in [0, 0.1) is 12.8 Å². The molecule has 0 saturated heterocycles. The van der Waals surface area contributed by atoms with Gasteiger partial charge in [-0.3, -0.25) is 0 Å². The van der Waals surface area contributed by atoms with Gasteiger partial charge < -0.3 is 9.51 Å². The number of hydrogen-bond donors (Lipinski definition) is 1. The van der Waals surface area contributed by atoms with Gasteiger partial charge in [-0.05, 0) is 37.3 Å². The lowest BCUT2D eigenvalue weighted by Gasteiger charge is -2.29. The van der Waals surface area contributed by atoms with Gasteiger partial charge in [0, 0.05) is 0 Å². The highest BCUT2D eigenvalue weighted by molar-refractivity contribution is 5.53. The zero-order valence-corrected chi connectivity index (χ0v) is 12.4. The molecule has 0 bridgehead atoms. The van der Waals surface area contributed by atoms with Gasteiger partial charge in [0.15, 0.2) is 0 Å². The Kier molecular flexibility index (Phi) is 3.89. The van der Waals surface area contributed by atoms with Gasteiger partial charge in [0.2, 0.25) is 0 Å². The summed E-state index contributed by atoms with van der Waals surface area (Å²) in [6.45, 7) is 1.43. The number of aliphatic hydroxyl groups excluding tert-OH is 1. The minimum absolute atomic E-state index is 0.0153. The zero-order chi connectivity index (χ0) is 15.9. The molecule has 1 saturated carbocycles. The van der Waals surface area contributed by atoms with Crippen LogP contribution in [0.3, 0.4) is 0 Å². The largest absolute Gasteiger partial charge is 0.416 e. The number of alkyl halides is 3. The van der Waals surface area contributed by atoms with Gasteiger partial charge in [-0.2, -0.15) is 13.2 Å². The van der Waals surface area contributed by atoms with Crippen molar-refractivity contribution in [1.82, 2.24) is 9.38 Å². The van der Waals surface area contributed by atoms with Crippen molar-refractivity contribution < 1.29 is 18.3 Å². The molecule has 2 aromatic heterocycles.